The summed E-state index contributed by atoms with van der Waals surface area (Å²) in [5, 5.41) is 7.00. The Morgan fingerprint density at radius 2 is 1.79 bits per heavy atom. The van der Waals surface area contributed by atoms with Gasteiger partial charge >= 0.3 is 0 Å². The number of hydrogen-bond donors (Lipinski definition) is 1. The van der Waals surface area contributed by atoms with E-state index in [9.17, 15) is 4.79 Å². The molecule has 1 N–H and O–H groups in total. The zero-order valence-corrected chi connectivity index (χ0v) is 8.86. The molecule has 2 bridgehead atoms. The Balaban J connectivity index is 0.000000354. The number of aldehydes is 1. The summed E-state index contributed by atoms with van der Waals surface area (Å²) in [5.74, 6) is 4.19. The first-order valence-corrected chi connectivity index (χ1v) is 5.80. The third-order valence-corrected chi connectivity index (χ3v) is 4.66. The van der Waals surface area contributed by atoms with Crippen molar-refractivity contribution in [3.63, 3.8) is 0 Å². The minimum Gasteiger partial charge on any atom is -0.400 e. The third kappa shape index (κ3) is 1.31. The molecule has 3 rings (SSSR count). The van der Waals surface area contributed by atoms with Gasteiger partial charge in [0.2, 0.25) is 0 Å². The van der Waals surface area contributed by atoms with Crippen molar-refractivity contribution in [1.82, 2.24) is 0 Å². The van der Waals surface area contributed by atoms with Crippen molar-refractivity contribution in [2.75, 3.05) is 7.11 Å². The van der Waals surface area contributed by atoms with E-state index in [0.29, 0.717) is 5.92 Å². The Kier molecular flexibility index (Phi) is 2.91. The Morgan fingerprint density at radius 3 is 2.50 bits per heavy atom. The van der Waals surface area contributed by atoms with E-state index >= 15 is 0 Å². The Bertz CT molecular complexity index is 214. The predicted molar refractivity (Wildman–Crippen MR) is 54.7 cm³/mol. The molecular weight excluding hydrogens is 176 g/mol. The normalized spacial score (nSPS) is 48.3. The lowest BCUT2D eigenvalue weighted by Gasteiger charge is -2.26. The third-order valence-electron chi connectivity index (χ3n) is 4.66. The lowest BCUT2D eigenvalue weighted by Crippen LogP contribution is -2.22. The monoisotopic (exact) mass is 196 g/mol. The maximum absolute atomic E-state index is 10.8. The summed E-state index contributed by atoms with van der Waals surface area (Å²) >= 11 is 0. The van der Waals surface area contributed by atoms with E-state index in [-0.39, 0.29) is 0 Å². The van der Waals surface area contributed by atoms with E-state index in [2.05, 4.69) is 0 Å². The first-order valence-electron chi connectivity index (χ1n) is 5.80. The number of aliphatic hydroxyl groups is 1. The SMILES string of the molecule is CO.O=CC1CCC2C3CCC(C3)C12. The molecule has 3 fully saturated rings. The molecular formula is C12H20O2. The number of rotatable bonds is 1. The van der Waals surface area contributed by atoms with Crippen molar-refractivity contribution in [3.05, 3.63) is 0 Å². The fourth-order valence-electron chi connectivity index (χ4n) is 4.29. The van der Waals surface area contributed by atoms with Crippen LogP contribution in [0.2, 0.25) is 0 Å². The van der Waals surface area contributed by atoms with Gasteiger partial charge in [-0.15, -0.1) is 0 Å². The molecule has 3 aliphatic rings. The van der Waals surface area contributed by atoms with Gasteiger partial charge in [-0.1, -0.05) is 0 Å². The van der Waals surface area contributed by atoms with Gasteiger partial charge in [0.15, 0.2) is 0 Å². The minimum atomic E-state index is 0.449. The molecule has 2 heteroatoms. The Morgan fingerprint density at radius 1 is 1.07 bits per heavy atom. The highest BCUT2D eigenvalue weighted by Gasteiger charge is 2.52. The van der Waals surface area contributed by atoms with Crippen LogP contribution in [0.1, 0.15) is 32.1 Å². The second kappa shape index (κ2) is 4.01. The predicted octanol–water partition coefficient (Wildman–Crippen LogP) is 1.87. The van der Waals surface area contributed by atoms with Crippen LogP contribution in [-0.2, 0) is 4.79 Å². The van der Waals surface area contributed by atoms with E-state index in [1.54, 1.807) is 0 Å². The molecule has 0 aliphatic heterocycles. The topological polar surface area (TPSA) is 37.3 Å². The van der Waals surface area contributed by atoms with E-state index in [1.165, 1.54) is 38.4 Å². The number of hydrogen-bond acceptors (Lipinski definition) is 2. The van der Waals surface area contributed by atoms with E-state index in [4.69, 9.17) is 5.11 Å². The summed E-state index contributed by atoms with van der Waals surface area (Å²) in [6, 6.07) is 0. The van der Waals surface area contributed by atoms with Gasteiger partial charge in [0.25, 0.3) is 0 Å². The van der Waals surface area contributed by atoms with Gasteiger partial charge < -0.3 is 9.90 Å². The van der Waals surface area contributed by atoms with Gasteiger partial charge in [0.1, 0.15) is 6.29 Å². The molecule has 0 amide bonds. The zero-order valence-electron chi connectivity index (χ0n) is 8.86. The highest BCUT2D eigenvalue weighted by atomic mass is 16.2. The average molecular weight is 196 g/mol. The molecule has 0 spiro atoms. The summed E-state index contributed by atoms with van der Waals surface area (Å²) in [4.78, 5) is 10.8. The second-order valence-corrected chi connectivity index (χ2v) is 4.95. The van der Waals surface area contributed by atoms with Crippen molar-refractivity contribution in [2.24, 2.45) is 29.6 Å². The number of carbonyl (C=O) groups excluding carboxylic acids is 1. The maximum atomic E-state index is 10.8. The number of carbonyl (C=O) groups is 1. The average Bonchev–Trinajstić information content (AvgIpc) is 2.93. The molecule has 5 atom stereocenters. The zero-order chi connectivity index (χ0) is 10.1. The van der Waals surface area contributed by atoms with Crippen molar-refractivity contribution in [2.45, 2.75) is 32.1 Å². The van der Waals surface area contributed by atoms with E-state index in [0.717, 1.165) is 30.8 Å². The maximum Gasteiger partial charge on any atom is 0.123 e. The molecule has 5 unspecified atom stereocenters. The fourth-order valence-corrected chi connectivity index (χ4v) is 4.29. The van der Waals surface area contributed by atoms with Crippen LogP contribution in [0.4, 0.5) is 0 Å². The van der Waals surface area contributed by atoms with Crippen molar-refractivity contribution in [3.8, 4) is 0 Å². The van der Waals surface area contributed by atoms with Crippen molar-refractivity contribution >= 4 is 6.29 Å². The Hall–Kier alpha value is -0.370. The molecule has 80 valence electrons. The summed E-state index contributed by atoms with van der Waals surface area (Å²) < 4.78 is 0. The van der Waals surface area contributed by atoms with Crippen LogP contribution in [0.15, 0.2) is 0 Å². The summed E-state index contributed by atoms with van der Waals surface area (Å²) in [7, 11) is 1.00. The molecule has 0 aromatic heterocycles. The van der Waals surface area contributed by atoms with Crippen LogP contribution in [0.25, 0.3) is 0 Å². The molecule has 2 nitrogen and oxygen atoms in total. The van der Waals surface area contributed by atoms with E-state index in [1.807, 2.05) is 0 Å². The molecule has 0 aromatic carbocycles. The van der Waals surface area contributed by atoms with Gasteiger partial charge in [-0.05, 0) is 55.8 Å². The quantitative estimate of drug-likeness (QED) is 0.650. The first kappa shape index (κ1) is 10.2. The smallest absolute Gasteiger partial charge is 0.123 e. The van der Waals surface area contributed by atoms with Gasteiger partial charge in [-0.25, -0.2) is 0 Å². The first-order chi connectivity index (χ1) is 6.90. The second-order valence-electron chi connectivity index (χ2n) is 4.95. The van der Waals surface area contributed by atoms with Crippen LogP contribution < -0.4 is 0 Å². The molecule has 3 saturated carbocycles. The summed E-state index contributed by atoms with van der Waals surface area (Å²) in [6.45, 7) is 0. The van der Waals surface area contributed by atoms with Crippen LogP contribution in [0.5, 0.6) is 0 Å². The molecule has 0 saturated heterocycles. The lowest BCUT2D eigenvalue weighted by atomic mass is 9.78. The van der Waals surface area contributed by atoms with Gasteiger partial charge in [0.05, 0.1) is 0 Å². The lowest BCUT2D eigenvalue weighted by molar-refractivity contribution is -0.112. The standard InChI is InChI=1S/C11H16O.CH4O/c12-6-9-3-4-10-7-1-2-8(5-7)11(9)10;1-2/h6-11H,1-5H2;2H,1H3. The fraction of sp³-hybridized carbons (Fsp3) is 0.917. The largest absolute Gasteiger partial charge is 0.400 e. The molecule has 3 aliphatic carbocycles. The summed E-state index contributed by atoms with van der Waals surface area (Å²) in [5.41, 5.74) is 0. The molecule has 0 heterocycles. The van der Waals surface area contributed by atoms with E-state index < -0.39 is 0 Å². The van der Waals surface area contributed by atoms with Crippen molar-refractivity contribution < 1.29 is 9.90 Å². The number of fused-ring (bicyclic) bond motifs is 5. The molecule has 0 radical (unpaired) electrons. The Labute approximate surface area is 85.7 Å². The van der Waals surface area contributed by atoms with Crippen LogP contribution in [0, 0.1) is 29.6 Å². The number of aliphatic hydroxyl groups excluding tert-OH is 1. The highest BCUT2D eigenvalue weighted by molar-refractivity contribution is 5.55. The minimum absolute atomic E-state index is 0.449. The van der Waals surface area contributed by atoms with Gasteiger partial charge in [-0.3, -0.25) is 0 Å². The van der Waals surface area contributed by atoms with Gasteiger partial charge in [-0.2, -0.15) is 0 Å². The molecule has 14 heavy (non-hydrogen) atoms. The highest BCUT2D eigenvalue weighted by Crippen LogP contribution is 2.60. The van der Waals surface area contributed by atoms with Crippen LogP contribution in [-0.4, -0.2) is 18.5 Å². The van der Waals surface area contributed by atoms with Crippen LogP contribution in [0.3, 0.4) is 0 Å². The van der Waals surface area contributed by atoms with Crippen molar-refractivity contribution in [1.29, 1.82) is 0 Å². The van der Waals surface area contributed by atoms with Gasteiger partial charge in [0, 0.05) is 13.0 Å². The molecule has 0 aromatic rings. The van der Waals surface area contributed by atoms with Crippen LogP contribution >= 0.6 is 0 Å². The summed E-state index contributed by atoms with van der Waals surface area (Å²) in [6.07, 6.45) is 8.15.